The molecule has 8 heteroatoms. The molecule has 2 aliphatic rings. The summed E-state index contributed by atoms with van der Waals surface area (Å²) >= 11 is 0. The number of hydrogen-bond donors (Lipinski definition) is 2. The van der Waals surface area contributed by atoms with Gasteiger partial charge >= 0.3 is 0 Å². The Bertz CT molecular complexity index is 1080. The second-order valence-electron chi connectivity index (χ2n) is 7.94. The van der Waals surface area contributed by atoms with Gasteiger partial charge in [-0.15, -0.1) is 0 Å². The van der Waals surface area contributed by atoms with Gasteiger partial charge in [0, 0.05) is 56.1 Å². The van der Waals surface area contributed by atoms with Gasteiger partial charge in [-0.25, -0.2) is 9.97 Å². The van der Waals surface area contributed by atoms with Crippen LogP contribution in [0.25, 0.3) is 22.2 Å². The Morgan fingerprint density at radius 2 is 2.10 bits per heavy atom. The van der Waals surface area contributed by atoms with Gasteiger partial charge in [0.1, 0.15) is 0 Å². The molecule has 2 aliphatic heterocycles. The quantitative estimate of drug-likeness (QED) is 0.605. The van der Waals surface area contributed by atoms with Crippen LogP contribution in [-0.2, 0) is 18.3 Å². The lowest BCUT2D eigenvalue weighted by Crippen LogP contribution is -2.42. The Kier molecular flexibility index (Phi) is 4.43. The molecule has 2 N–H and O–H groups in total. The summed E-state index contributed by atoms with van der Waals surface area (Å²) in [5.41, 5.74) is 4.08. The first-order chi connectivity index (χ1) is 14.1. The maximum Gasteiger partial charge on any atom is 0.239 e. The molecule has 150 valence electrons. The fourth-order valence-electron chi connectivity index (χ4n) is 4.47. The van der Waals surface area contributed by atoms with Crippen molar-refractivity contribution in [3.63, 3.8) is 0 Å². The highest BCUT2D eigenvalue weighted by Gasteiger charge is 2.31. The molecule has 5 rings (SSSR count). The monoisotopic (exact) mass is 391 g/mol. The number of benzene rings is 1. The number of amides is 1. The largest absolute Gasteiger partial charge is 0.350 e. The zero-order valence-corrected chi connectivity index (χ0v) is 16.7. The lowest BCUT2D eigenvalue weighted by atomic mass is 10.0. The maximum atomic E-state index is 12.8. The van der Waals surface area contributed by atoms with Gasteiger partial charge in [0.2, 0.25) is 11.9 Å². The summed E-state index contributed by atoms with van der Waals surface area (Å²) in [5, 5.41) is 12.6. The summed E-state index contributed by atoms with van der Waals surface area (Å²) in [6, 6.07) is 8.07. The summed E-state index contributed by atoms with van der Waals surface area (Å²) < 4.78 is 1.96. The molecule has 0 spiro atoms. The Balaban J connectivity index is 1.62. The van der Waals surface area contributed by atoms with Crippen LogP contribution in [0, 0.1) is 0 Å². The van der Waals surface area contributed by atoms with Crippen LogP contribution in [0.4, 0.5) is 5.95 Å². The number of fused-ring (bicyclic) bond motifs is 5. The highest BCUT2D eigenvalue weighted by Crippen LogP contribution is 2.31. The number of hydrogen-bond acceptors (Lipinski definition) is 6. The normalized spacial score (nSPS) is 22.3. The van der Waals surface area contributed by atoms with Gasteiger partial charge < -0.3 is 15.5 Å². The average Bonchev–Trinajstić information content (AvgIpc) is 3.31. The highest BCUT2D eigenvalue weighted by atomic mass is 16.2. The van der Waals surface area contributed by atoms with Crippen LogP contribution in [0.1, 0.15) is 18.5 Å². The van der Waals surface area contributed by atoms with E-state index in [1.165, 1.54) is 5.69 Å². The van der Waals surface area contributed by atoms with Crippen molar-refractivity contribution >= 4 is 22.8 Å². The molecule has 8 nitrogen and oxygen atoms in total. The molecule has 4 bridgehead atoms. The average molecular weight is 391 g/mol. The lowest BCUT2D eigenvalue weighted by molar-refractivity contribution is -0.131. The van der Waals surface area contributed by atoms with Crippen molar-refractivity contribution in [2.75, 3.05) is 25.5 Å². The van der Waals surface area contributed by atoms with Crippen molar-refractivity contribution in [1.82, 2.24) is 30.0 Å². The number of nitrogens with zero attached hydrogens (tertiary/aromatic N) is 5. The van der Waals surface area contributed by atoms with Crippen LogP contribution in [0.2, 0.25) is 0 Å². The van der Waals surface area contributed by atoms with Gasteiger partial charge in [-0.2, -0.15) is 5.10 Å². The van der Waals surface area contributed by atoms with E-state index in [-0.39, 0.29) is 18.0 Å². The summed E-state index contributed by atoms with van der Waals surface area (Å²) in [6.07, 6.45) is 4.25. The van der Waals surface area contributed by atoms with E-state index < -0.39 is 0 Å². The third-order valence-electron chi connectivity index (χ3n) is 5.96. The summed E-state index contributed by atoms with van der Waals surface area (Å²) in [4.78, 5) is 23.8. The van der Waals surface area contributed by atoms with E-state index >= 15 is 0 Å². The van der Waals surface area contributed by atoms with Crippen molar-refractivity contribution in [2.45, 2.75) is 31.3 Å². The minimum Gasteiger partial charge on any atom is -0.350 e. The van der Waals surface area contributed by atoms with Crippen molar-refractivity contribution < 1.29 is 4.79 Å². The fourth-order valence-corrected chi connectivity index (χ4v) is 4.47. The number of carbonyl (C=O) groups excluding carboxylic acids is 1. The molecule has 4 heterocycles. The number of anilines is 1. The smallest absolute Gasteiger partial charge is 0.239 e. The Hall–Kier alpha value is -3.00. The summed E-state index contributed by atoms with van der Waals surface area (Å²) in [7, 11) is 3.87. The number of carbonyl (C=O) groups is 1. The highest BCUT2D eigenvalue weighted by molar-refractivity contribution is 5.96. The van der Waals surface area contributed by atoms with E-state index in [9.17, 15) is 4.79 Å². The Morgan fingerprint density at radius 1 is 1.21 bits per heavy atom. The number of nitrogens with one attached hydrogen (secondary N) is 2. The van der Waals surface area contributed by atoms with Crippen molar-refractivity contribution in [2.24, 2.45) is 7.05 Å². The van der Waals surface area contributed by atoms with E-state index in [1.54, 1.807) is 6.20 Å². The minimum atomic E-state index is -0.161. The Labute approximate surface area is 169 Å². The third-order valence-corrected chi connectivity index (χ3v) is 5.96. The van der Waals surface area contributed by atoms with Crippen molar-refractivity contribution in [3.8, 4) is 11.3 Å². The molecule has 1 amide bonds. The van der Waals surface area contributed by atoms with Gasteiger partial charge in [-0.3, -0.25) is 9.48 Å². The lowest BCUT2D eigenvalue weighted by Gasteiger charge is -2.21. The van der Waals surface area contributed by atoms with E-state index in [2.05, 4.69) is 21.7 Å². The van der Waals surface area contributed by atoms with Crippen LogP contribution in [0.3, 0.4) is 0 Å². The molecule has 1 saturated heterocycles. The van der Waals surface area contributed by atoms with Crippen LogP contribution in [0.15, 0.2) is 30.5 Å². The molecule has 2 atom stereocenters. The molecule has 29 heavy (non-hydrogen) atoms. The molecule has 2 aromatic heterocycles. The van der Waals surface area contributed by atoms with E-state index in [4.69, 9.17) is 10.1 Å². The van der Waals surface area contributed by atoms with Gasteiger partial charge in [0.15, 0.2) is 0 Å². The summed E-state index contributed by atoms with van der Waals surface area (Å²) in [6.45, 7) is 1.44. The van der Waals surface area contributed by atoms with E-state index in [1.807, 2.05) is 41.9 Å². The van der Waals surface area contributed by atoms with Crippen molar-refractivity contribution in [1.29, 1.82) is 0 Å². The van der Waals surface area contributed by atoms with Crippen LogP contribution >= 0.6 is 0 Å². The molecule has 0 aliphatic carbocycles. The van der Waals surface area contributed by atoms with E-state index in [0.717, 1.165) is 54.5 Å². The zero-order chi connectivity index (χ0) is 20.0. The first-order valence-corrected chi connectivity index (χ1v) is 10.1. The van der Waals surface area contributed by atoms with Gasteiger partial charge in [0.25, 0.3) is 0 Å². The molecular weight excluding hydrogens is 366 g/mol. The topological polar surface area (TPSA) is 88.0 Å². The first kappa shape index (κ1) is 18.1. The Morgan fingerprint density at radius 3 is 3.00 bits per heavy atom. The maximum absolute atomic E-state index is 12.8. The van der Waals surface area contributed by atoms with Crippen LogP contribution < -0.4 is 10.6 Å². The molecule has 0 saturated carbocycles. The van der Waals surface area contributed by atoms with E-state index in [0.29, 0.717) is 5.95 Å². The number of rotatable bonds is 0. The number of aryl methyl sites for hydroxylation is 2. The van der Waals surface area contributed by atoms with Crippen LogP contribution in [0.5, 0.6) is 0 Å². The molecule has 0 radical (unpaired) electrons. The second-order valence-corrected chi connectivity index (χ2v) is 7.94. The molecule has 1 aromatic carbocycles. The molecular formula is C21H25N7O. The number of likely N-dealkylation sites (N-methyl/N-ethyl adjacent to an activating group) is 1. The minimum absolute atomic E-state index is 0.127. The van der Waals surface area contributed by atoms with Crippen LogP contribution in [-0.4, -0.2) is 62.8 Å². The SMILES string of the molecule is CN1CCCc2c3c(cccc3nn2C)-c2ccnc(n2)N[C@@H]2CN[C@@H](C2)C1=O. The van der Waals surface area contributed by atoms with Gasteiger partial charge in [0.05, 0.1) is 17.3 Å². The molecule has 1 fully saturated rings. The summed E-state index contributed by atoms with van der Waals surface area (Å²) in [5.74, 6) is 0.738. The van der Waals surface area contributed by atoms with Gasteiger partial charge in [-0.1, -0.05) is 12.1 Å². The first-order valence-electron chi connectivity index (χ1n) is 10.1. The molecule has 0 unspecified atom stereocenters. The van der Waals surface area contributed by atoms with Crippen molar-refractivity contribution in [3.05, 3.63) is 36.2 Å². The third kappa shape index (κ3) is 3.23. The standard InChI is InChI=1S/C21H25N7O/c1-27-10-4-7-18-19-14(5-3-6-16(19)26-28(18)2)15-8-9-22-21(25-15)24-13-11-17(20(27)29)23-12-13/h3,5-6,8-9,13,17,23H,4,7,10-12H2,1-2H3,(H,22,24,25)/t13-,17-/m0/s1. The number of aromatic nitrogens is 4. The fraction of sp³-hybridized carbons (Fsp3) is 0.429. The predicted octanol–water partition coefficient (Wildman–Crippen LogP) is 1.58. The molecule has 3 aromatic rings. The zero-order valence-electron chi connectivity index (χ0n) is 16.7. The van der Waals surface area contributed by atoms with Gasteiger partial charge in [-0.05, 0) is 31.4 Å². The predicted molar refractivity (Wildman–Crippen MR) is 112 cm³/mol. The second kappa shape index (κ2) is 7.11.